The molecule has 2 rings (SSSR count). The normalized spacial score (nSPS) is 20.9. The van der Waals surface area contributed by atoms with Crippen LogP contribution in [-0.2, 0) is 6.42 Å². The lowest BCUT2D eigenvalue weighted by Gasteiger charge is -2.37. The summed E-state index contributed by atoms with van der Waals surface area (Å²) in [6.45, 7) is 2.93. The van der Waals surface area contributed by atoms with E-state index in [9.17, 15) is 5.11 Å². The van der Waals surface area contributed by atoms with Gasteiger partial charge in [0, 0.05) is 12.6 Å². The molecular formula is C12H19NOS. The smallest absolute Gasteiger partial charge is 0.0771 e. The van der Waals surface area contributed by atoms with Gasteiger partial charge in [-0.25, -0.2) is 0 Å². The molecule has 1 aliphatic carbocycles. The highest BCUT2D eigenvalue weighted by Crippen LogP contribution is 2.30. The number of aliphatic hydroxyl groups is 1. The predicted octanol–water partition coefficient (Wildman–Crippen LogP) is 2.18. The fourth-order valence-corrected chi connectivity index (χ4v) is 2.64. The third kappa shape index (κ3) is 3.03. The van der Waals surface area contributed by atoms with Gasteiger partial charge in [-0.1, -0.05) is 0 Å². The average Bonchev–Trinajstić information content (AvgIpc) is 2.64. The van der Waals surface area contributed by atoms with Crippen molar-refractivity contribution in [3.05, 3.63) is 22.4 Å². The van der Waals surface area contributed by atoms with E-state index in [4.69, 9.17) is 0 Å². The van der Waals surface area contributed by atoms with Crippen LogP contribution < -0.4 is 5.32 Å². The molecule has 0 aliphatic heterocycles. The first-order chi connectivity index (χ1) is 7.18. The highest BCUT2D eigenvalue weighted by molar-refractivity contribution is 7.07. The van der Waals surface area contributed by atoms with Crippen molar-refractivity contribution in [2.45, 2.75) is 44.2 Å². The fourth-order valence-electron chi connectivity index (χ4n) is 1.96. The molecule has 0 bridgehead atoms. The molecule has 1 aliphatic rings. The molecule has 1 heterocycles. The quantitative estimate of drug-likeness (QED) is 0.805. The molecule has 0 amide bonds. The van der Waals surface area contributed by atoms with Crippen LogP contribution in [0, 0.1) is 0 Å². The molecule has 0 aromatic carbocycles. The molecule has 15 heavy (non-hydrogen) atoms. The summed E-state index contributed by atoms with van der Waals surface area (Å²) in [6, 6.07) is 2.62. The van der Waals surface area contributed by atoms with E-state index in [2.05, 4.69) is 29.1 Å². The standard InChI is InChI=1S/C12H19NOS/c1-10(7-11-3-6-15-8-11)13-9-12(14)4-2-5-12/h3,6,8,10,13-14H,2,4-5,7,9H2,1H3. The van der Waals surface area contributed by atoms with Gasteiger partial charge in [0.2, 0.25) is 0 Å². The van der Waals surface area contributed by atoms with Gasteiger partial charge in [0.25, 0.3) is 0 Å². The van der Waals surface area contributed by atoms with Gasteiger partial charge in [-0.3, -0.25) is 0 Å². The summed E-state index contributed by atoms with van der Waals surface area (Å²) >= 11 is 1.74. The molecule has 0 saturated heterocycles. The number of rotatable bonds is 5. The molecule has 1 saturated carbocycles. The number of nitrogens with one attached hydrogen (secondary N) is 1. The average molecular weight is 225 g/mol. The van der Waals surface area contributed by atoms with Gasteiger partial charge < -0.3 is 10.4 Å². The summed E-state index contributed by atoms with van der Waals surface area (Å²) in [7, 11) is 0. The zero-order valence-corrected chi connectivity index (χ0v) is 10.0. The Morgan fingerprint density at radius 2 is 2.40 bits per heavy atom. The Morgan fingerprint density at radius 1 is 1.60 bits per heavy atom. The van der Waals surface area contributed by atoms with Gasteiger partial charge in [-0.05, 0) is 55.0 Å². The summed E-state index contributed by atoms with van der Waals surface area (Å²) < 4.78 is 0. The zero-order chi connectivity index (χ0) is 10.7. The first-order valence-electron chi connectivity index (χ1n) is 5.65. The van der Waals surface area contributed by atoms with Gasteiger partial charge in [0.1, 0.15) is 0 Å². The third-order valence-electron chi connectivity index (χ3n) is 3.19. The maximum atomic E-state index is 9.92. The van der Waals surface area contributed by atoms with Crippen LogP contribution in [0.3, 0.4) is 0 Å². The van der Waals surface area contributed by atoms with Gasteiger partial charge in [-0.2, -0.15) is 11.3 Å². The SMILES string of the molecule is CC(Cc1ccsc1)NCC1(O)CCC1. The summed E-state index contributed by atoms with van der Waals surface area (Å²) in [6.07, 6.45) is 4.16. The van der Waals surface area contributed by atoms with Crippen molar-refractivity contribution >= 4 is 11.3 Å². The van der Waals surface area contributed by atoms with E-state index in [1.54, 1.807) is 11.3 Å². The van der Waals surface area contributed by atoms with Gasteiger partial charge in [0.15, 0.2) is 0 Å². The maximum Gasteiger partial charge on any atom is 0.0771 e. The maximum absolute atomic E-state index is 9.92. The van der Waals surface area contributed by atoms with Crippen molar-refractivity contribution in [3.8, 4) is 0 Å². The monoisotopic (exact) mass is 225 g/mol. The summed E-state index contributed by atoms with van der Waals surface area (Å²) in [5.74, 6) is 0. The Balaban J connectivity index is 1.70. The minimum atomic E-state index is -0.400. The van der Waals surface area contributed by atoms with Crippen LogP contribution in [0.2, 0.25) is 0 Å². The predicted molar refractivity (Wildman–Crippen MR) is 64.3 cm³/mol. The molecule has 2 N–H and O–H groups in total. The Bertz CT molecular complexity index is 293. The third-order valence-corrected chi connectivity index (χ3v) is 3.92. The number of thiophene rings is 1. The van der Waals surface area contributed by atoms with Crippen LogP contribution in [0.4, 0.5) is 0 Å². The van der Waals surface area contributed by atoms with E-state index in [-0.39, 0.29) is 0 Å². The van der Waals surface area contributed by atoms with E-state index < -0.39 is 5.60 Å². The Labute approximate surface area is 95.3 Å². The second-order valence-corrected chi connectivity index (χ2v) is 5.48. The van der Waals surface area contributed by atoms with Crippen LogP contribution in [0.1, 0.15) is 31.7 Å². The molecule has 0 radical (unpaired) electrons. The number of hydrogen-bond acceptors (Lipinski definition) is 3. The minimum Gasteiger partial charge on any atom is -0.389 e. The molecular weight excluding hydrogens is 206 g/mol. The highest BCUT2D eigenvalue weighted by Gasteiger charge is 2.34. The minimum absolute atomic E-state index is 0.400. The molecule has 1 aromatic rings. The van der Waals surface area contributed by atoms with E-state index in [0.717, 1.165) is 25.8 Å². The molecule has 1 atom stereocenters. The Hall–Kier alpha value is -0.380. The van der Waals surface area contributed by atoms with Crippen LogP contribution in [0.5, 0.6) is 0 Å². The molecule has 1 unspecified atom stereocenters. The lowest BCUT2D eigenvalue weighted by molar-refractivity contribution is -0.0328. The molecule has 0 spiro atoms. The molecule has 2 nitrogen and oxygen atoms in total. The van der Waals surface area contributed by atoms with Crippen LogP contribution >= 0.6 is 11.3 Å². The van der Waals surface area contributed by atoms with Gasteiger partial charge in [-0.15, -0.1) is 0 Å². The van der Waals surface area contributed by atoms with Crippen molar-refractivity contribution < 1.29 is 5.11 Å². The Kier molecular flexibility index (Phi) is 3.44. The summed E-state index contributed by atoms with van der Waals surface area (Å²) in [5.41, 5.74) is 0.990. The van der Waals surface area contributed by atoms with Crippen molar-refractivity contribution in [2.24, 2.45) is 0 Å². The van der Waals surface area contributed by atoms with E-state index in [1.807, 2.05) is 0 Å². The number of hydrogen-bond donors (Lipinski definition) is 2. The summed E-state index contributed by atoms with van der Waals surface area (Å²) in [4.78, 5) is 0. The van der Waals surface area contributed by atoms with Crippen molar-refractivity contribution in [1.29, 1.82) is 0 Å². The Morgan fingerprint density at radius 3 is 2.93 bits per heavy atom. The van der Waals surface area contributed by atoms with Crippen molar-refractivity contribution in [3.63, 3.8) is 0 Å². The topological polar surface area (TPSA) is 32.3 Å². The van der Waals surface area contributed by atoms with Crippen LogP contribution in [-0.4, -0.2) is 23.3 Å². The second-order valence-electron chi connectivity index (χ2n) is 4.70. The summed E-state index contributed by atoms with van der Waals surface area (Å²) in [5, 5.41) is 17.6. The van der Waals surface area contributed by atoms with Gasteiger partial charge >= 0.3 is 0 Å². The first-order valence-corrected chi connectivity index (χ1v) is 6.59. The van der Waals surface area contributed by atoms with E-state index in [0.29, 0.717) is 6.04 Å². The largest absolute Gasteiger partial charge is 0.389 e. The van der Waals surface area contributed by atoms with E-state index in [1.165, 1.54) is 12.0 Å². The van der Waals surface area contributed by atoms with E-state index >= 15 is 0 Å². The lowest BCUT2D eigenvalue weighted by Crippen LogP contribution is -2.48. The van der Waals surface area contributed by atoms with Crippen molar-refractivity contribution in [1.82, 2.24) is 5.32 Å². The van der Waals surface area contributed by atoms with Crippen LogP contribution in [0.25, 0.3) is 0 Å². The van der Waals surface area contributed by atoms with Crippen molar-refractivity contribution in [2.75, 3.05) is 6.54 Å². The molecule has 84 valence electrons. The highest BCUT2D eigenvalue weighted by atomic mass is 32.1. The fraction of sp³-hybridized carbons (Fsp3) is 0.667. The lowest BCUT2D eigenvalue weighted by atomic mass is 9.80. The second kappa shape index (κ2) is 4.64. The first kappa shape index (κ1) is 11.1. The molecule has 1 fully saturated rings. The molecule has 1 aromatic heterocycles. The van der Waals surface area contributed by atoms with Crippen LogP contribution in [0.15, 0.2) is 16.8 Å². The zero-order valence-electron chi connectivity index (χ0n) is 9.20. The van der Waals surface area contributed by atoms with Gasteiger partial charge in [0.05, 0.1) is 5.60 Å². The molecule has 3 heteroatoms.